The first-order chi connectivity index (χ1) is 9.06. The van der Waals surface area contributed by atoms with Gasteiger partial charge >= 0.3 is 0 Å². The molecule has 5 nitrogen and oxygen atoms in total. The van der Waals surface area contributed by atoms with Gasteiger partial charge in [-0.15, -0.1) is 6.58 Å². The van der Waals surface area contributed by atoms with Gasteiger partial charge in [0, 0.05) is 25.2 Å². The van der Waals surface area contributed by atoms with E-state index < -0.39 is 0 Å². The van der Waals surface area contributed by atoms with E-state index in [0.717, 1.165) is 5.69 Å². The second kappa shape index (κ2) is 7.38. The normalized spacial score (nSPS) is 9.37. The molecule has 0 unspecified atom stereocenters. The molecule has 6 heteroatoms. The summed E-state index contributed by atoms with van der Waals surface area (Å²) in [6, 6.07) is 5.31. The molecule has 1 rings (SSSR count). The Hall–Kier alpha value is -2.08. The molecule has 0 saturated heterocycles. The smallest absolute Gasteiger partial charge is 0.221 e. The number of amides is 1. The lowest BCUT2D eigenvalue weighted by atomic mass is 10.2. The first-order valence-electron chi connectivity index (χ1n) is 5.68. The number of thiocarbonyl (C=S) groups is 1. The molecule has 0 radical (unpaired) electrons. The molecule has 0 aliphatic rings. The van der Waals surface area contributed by atoms with Gasteiger partial charge in [0.25, 0.3) is 0 Å². The number of rotatable bonds is 5. The van der Waals surface area contributed by atoms with Gasteiger partial charge in [-0.2, -0.15) is 0 Å². The van der Waals surface area contributed by atoms with Crippen LogP contribution in [0.15, 0.2) is 30.9 Å². The Balaban J connectivity index is 2.78. The standard InChI is InChI=1S/C13H17N3O2S/c1-4-7-14-13(19)16-10-5-6-11(15-9(2)17)12(8-10)18-3/h4-6,8H,1,7H2,2-3H3,(H,15,17)(H2,14,16,19). The molecule has 1 aromatic rings. The first-order valence-corrected chi connectivity index (χ1v) is 6.09. The molecular formula is C13H17N3O2S. The average molecular weight is 279 g/mol. The Morgan fingerprint density at radius 1 is 1.47 bits per heavy atom. The molecule has 102 valence electrons. The van der Waals surface area contributed by atoms with Crippen LogP contribution in [0, 0.1) is 0 Å². The molecule has 0 atom stereocenters. The summed E-state index contributed by atoms with van der Waals surface area (Å²) in [6.07, 6.45) is 1.72. The third kappa shape index (κ3) is 4.97. The van der Waals surface area contributed by atoms with E-state index in [4.69, 9.17) is 17.0 Å². The largest absolute Gasteiger partial charge is 0.494 e. The van der Waals surface area contributed by atoms with Crippen molar-refractivity contribution in [2.24, 2.45) is 0 Å². The Morgan fingerprint density at radius 3 is 2.79 bits per heavy atom. The van der Waals surface area contributed by atoms with Gasteiger partial charge in [-0.05, 0) is 24.4 Å². The number of carbonyl (C=O) groups is 1. The molecule has 0 spiro atoms. The molecule has 0 aliphatic heterocycles. The van der Waals surface area contributed by atoms with E-state index in [2.05, 4.69) is 22.5 Å². The van der Waals surface area contributed by atoms with Crippen molar-refractivity contribution in [1.82, 2.24) is 5.32 Å². The lowest BCUT2D eigenvalue weighted by Crippen LogP contribution is -2.28. The number of methoxy groups -OCH3 is 1. The summed E-state index contributed by atoms with van der Waals surface area (Å²) in [6.45, 7) is 5.63. The number of anilines is 2. The average Bonchev–Trinajstić information content (AvgIpc) is 2.37. The van der Waals surface area contributed by atoms with E-state index in [9.17, 15) is 4.79 Å². The zero-order valence-electron chi connectivity index (χ0n) is 10.9. The van der Waals surface area contributed by atoms with Gasteiger partial charge in [-0.1, -0.05) is 6.08 Å². The lowest BCUT2D eigenvalue weighted by Gasteiger charge is -2.13. The van der Waals surface area contributed by atoms with Crippen molar-refractivity contribution >= 4 is 34.6 Å². The molecule has 3 N–H and O–H groups in total. The van der Waals surface area contributed by atoms with Gasteiger partial charge < -0.3 is 20.7 Å². The van der Waals surface area contributed by atoms with E-state index in [1.165, 1.54) is 6.92 Å². The third-order valence-corrected chi connectivity index (χ3v) is 2.42. The predicted molar refractivity (Wildman–Crippen MR) is 81.7 cm³/mol. The van der Waals surface area contributed by atoms with Crippen LogP contribution in [0.1, 0.15) is 6.92 Å². The van der Waals surface area contributed by atoms with Crippen LogP contribution in [-0.2, 0) is 4.79 Å². The van der Waals surface area contributed by atoms with Crippen LogP contribution in [-0.4, -0.2) is 24.7 Å². The van der Waals surface area contributed by atoms with Crippen molar-refractivity contribution in [1.29, 1.82) is 0 Å². The van der Waals surface area contributed by atoms with Crippen LogP contribution >= 0.6 is 12.2 Å². The quantitative estimate of drug-likeness (QED) is 0.569. The first kappa shape index (κ1) is 15.0. The van der Waals surface area contributed by atoms with Gasteiger partial charge in [0.15, 0.2) is 5.11 Å². The molecule has 0 bridgehead atoms. The maximum atomic E-state index is 11.0. The summed E-state index contributed by atoms with van der Waals surface area (Å²) >= 11 is 5.10. The highest BCUT2D eigenvalue weighted by Gasteiger charge is 2.06. The fourth-order valence-electron chi connectivity index (χ4n) is 1.40. The predicted octanol–water partition coefficient (Wildman–Crippen LogP) is 2.13. The molecule has 1 amide bonds. The molecule has 0 aromatic heterocycles. The van der Waals surface area contributed by atoms with E-state index in [1.54, 1.807) is 31.4 Å². The Kier molecular flexibility index (Phi) is 5.81. The van der Waals surface area contributed by atoms with Crippen LogP contribution in [0.4, 0.5) is 11.4 Å². The Morgan fingerprint density at radius 2 is 2.21 bits per heavy atom. The van der Waals surface area contributed by atoms with Crippen LogP contribution in [0.3, 0.4) is 0 Å². The van der Waals surface area contributed by atoms with Crippen LogP contribution in [0.2, 0.25) is 0 Å². The fraction of sp³-hybridized carbons (Fsp3) is 0.231. The number of benzene rings is 1. The molecule has 19 heavy (non-hydrogen) atoms. The number of carbonyl (C=O) groups excluding carboxylic acids is 1. The Labute approximate surface area is 118 Å². The summed E-state index contributed by atoms with van der Waals surface area (Å²) in [5, 5.41) is 9.15. The maximum Gasteiger partial charge on any atom is 0.221 e. The number of hydrogen-bond acceptors (Lipinski definition) is 3. The summed E-state index contributed by atoms with van der Waals surface area (Å²) in [7, 11) is 1.54. The highest BCUT2D eigenvalue weighted by molar-refractivity contribution is 7.80. The van der Waals surface area contributed by atoms with Crippen LogP contribution < -0.4 is 20.7 Å². The summed E-state index contributed by atoms with van der Waals surface area (Å²) in [5.41, 5.74) is 1.39. The van der Waals surface area contributed by atoms with Gasteiger partial charge in [-0.25, -0.2) is 0 Å². The Bertz CT molecular complexity index is 489. The van der Waals surface area contributed by atoms with E-state index in [-0.39, 0.29) is 5.91 Å². The van der Waals surface area contributed by atoms with Gasteiger partial charge in [0.05, 0.1) is 12.8 Å². The van der Waals surface area contributed by atoms with E-state index in [1.807, 2.05) is 0 Å². The molecule has 0 aliphatic carbocycles. The minimum atomic E-state index is -0.151. The fourth-order valence-corrected chi connectivity index (χ4v) is 1.60. The second-order valence-corrected chi connectivity index (χ2v) is 4.13. The monoisotopic (exact) mass is 279 g/mol. The minimum absolute atomic E-state index is 0.151. The van der Waals surface area contributed by atoms with Crippen molar-refractivity contribution in [3.05, 3.63) is 30.9 Å². The molecule has 0 fully saturated rings. The van der Waals surface area contributed by atoms with Crippen molar-refractivity contribution < 1.29 is 9.53 Å². The number of ether oxygens (including phenoxy) is 1. The third-order valence-electron chi connectivity index (χ3n) is 2.18. The minimum Gasteiger partial charge on any atom is -0.494 e. The summed E-state index contributed by atoms with van der Waals surface area (Å²) in [4.78, 5) is 11.0. The van der Waals surface area contributed by atoms with Crippen molar-refractivity contribution in [2.75, 3.05) is 24.3 Å². The van der Waals surface area contributed by atoms with Gasteiger partial charge in [0.2, 0.25) is 5.91 Å². The van der Waals surface area contributed by atoms with Crippen molar-refractivity contribution in [3.8, 4) is 5.75 Å². The van der Waals surface area contributed by atoms with Gasteiger partial charge in [0.1, 0.15) is 5.75 Å². The van der Waals surface area contributed by atoms with Crippen molar-refractivity contribution in [3.63, 3.8) is 0 Å². The SMILES string of the molecule is C=CCNC(=S)Nc1ccc(NC(C)=O)c(OC)c1. The maximum absolute atomic E-state index is 11.0. The second-order valence-electron chi connectivity index (χ2n) is 3.72. The topological polar surface area (TPSA) is 62.4 Å². The van der Waals surface area contributed by atoms with Crippen LogP contribution in [0.25, 0.3) is 0 Å². The molecule has 1 aromatic carbocycles. The van der Waals surface area contributed by atoms with E-state index >= 15 is 0 Å². The zero-order chi connectivity index (χ0) is 14.3. The number of hydrogen-bond donors (Lipinski definition) is 3. The highest BCUT2D eigenvalue weighted by Crippen LogP contribution is 2.27. The highest BCUT2D eigenvalue weighted by atomic mass is 32.1. The molecular weight excluding hydrogens is 262 g/mol. The number of nitrogens with one attached hydrogen (secondary N) is 3. The molecule has 0 heterocycles. The van der Waals surface area contributed by atoms with Crippen molar-refractivity contribution in [2.45, 2.75) is 6.92 Å². The van der Waals surface area contributed by atoms with Crippen LogP contribution in [0.5, 0.6) is 5.75 Å². The summed E-state index contributed by atoms with van der Waals surface area (Å²) < 4.78 is 5.22. The molecule has 0 saturated carbocycles. The van der Waals surface area contributed by atoms with E-state index in [0.29, 0.717) is 23.1 Å². The van der Waals surface area contributed by atoms with Gasteiger partial charge in [-0.3, -0.25) is 4.79 Å². The lowest BCUT2D eigenvalue weighted by molar-refractivity contribution is -0.114. The summed E-state index contributed by atoms with van der Waals surface area (Å²) in [5.74, 6) is 0.411. The zero-order valence-corrected chi connectivity index (χ0v) is 11.8.